The maximum absolute atomic E-state index is 13.0. The Hall–Kier alpha value is -3.42. The number of rotatable bonds is 19. The van der Waals surface area contributed by atoms with Gasteiger partial charge in [-0.25, -0.2) is 4.79 Å². The quantitative estimate of drug-likeness (QED) is 0.0433. The maximum atomic E-state index is 13.0. The fourth-order valence-corrected chi connectivity index (χ4v) is 5.29. The molecule has 3 saturated heterocycles. The van der Waals surface area contributed by atoms with E-state index in [0.29, 0.717) is 5.06 Å². The molecule has 52 heavy (non-hydrogen) atoms. The highest BCUT2D eigenvalue weighted by atomic mass is 16.7. The van der Waals surface area contributed by atoms with Gasteiger partial charge in [0.05, 0.1) is 32.3 Å². The van der Waals surface area contributed by atoms with Crippen LogP contribution in [0.25, 0.3) is 0 Å². The van der Waals surface area contributed by atoms with Crippen molar-refractivity contribution in [2.45, 2.75) is 119 Å². The SMILES string of the molecule is C[C@@H]1O[C@@H](OCCNC(=O)CC(NC(=O)CCCCC(=O)ON2C(=O)CCC2=O)C(=O)NCCO[C@H]2O[C@H](CO)[C@@H](O)[C@H](O)[C@@H]2O)[C@@H](O)[C@H](O)C1O. The predicted octanol–water partition coefficient (Wildman–Crippen LogP) is -6.08. The summed E-state index contributed by atoms with van der Waals surface area (Å²) in [6.45, 7) is -0.0902. The minimum absolute atomic E-state index is 0.0617. The summed E-state index contributed by atoms with van der Waals surface area (Å²) >= 11 is 0. The minimum atomic E-state index is -1.68. The van der Waals surface area contributed by atoms with Crippen LogP contribution in [0.5, 0.6) is 0 Å². The third-order valence-electron chi connectivity index (χ3n) is 8.32. The summed E-state index contributed by atoms with van der Waals surface area (Å²) in [6.07, 6.45) is -15.0. The normalized spacial score (nSPS) is 31.2. The molecule has 3 rings (SSSR count). The lowest BCUT2D eigenvalue weighted by atomic mass is 9.99. The van der Waals surface area contributed by atoms with E-state index in [1.54, 1.807) is 0 Å². The van der Waals surface area contributed by atoms with Gasteiger partial charge in [-0.1, -0.05) is 0 Å². The molecule has 22 heteroatoms. The molecule has 11 atom stereocenters. The number of amides is 5. The van der Waals surface area contributed by atoms with Gasteiger partial charge in [-0.2, -0.15) is 0 Å². The van der Waals surface area contributed by atoms with E-state index >= 15 is 0 Å². The number of hydrogen-bond donors (Lipinski definition) is 10. The van der Waals surface area contributed by atoms with Crippen LogP contribution in [-0.4, -0.2) is 177 Å². The van der Waals surface area contributed by atoms with Crippen molar-refractivity contribution in [2.24, 2.45) is 0 Å². The molecule has 296 valence electrons. The molecular weight excluding hydrogens is 704 g/mol. The first kappa shape index (κ1) is 43.0. The number of carbonyl (C=O) groups excluding carboxylic acids is 6. The van der Waals surface area contributed by atoms with Gasteiger partial charge < -0.3 is 75.5 Å². The molecule has 3 heterocycles. The zero-order valence-electron chi connectivity index (χ0n) is 28.4. The fraction of sp³-hybridized carbons (Fsp3) is 0.800. The topological polar surface area (TPSA) is 330 Å². The number of hydroxylamine groups is 2. The van der Waals surface area contributed by atoms with Crippen LogP contribution >= 0.6 is 0 Å². The summed E-state index contributed by atoms with van der Waals surface area (Å²) in [5, 5.41) is 76.8. The lowest BCUT2D eigenvalue weighted by Crippen LogP contribution is -2.59. The number of aliphatic hydroxyl groups is 7. The smallest absolute Gasteiger partial charge is 0.333 e. The number of carbonyl (C=O) groups is 6. The van der Waals surface area contributed by atoms with Crippen molar-refractivity contribution in [3.05, 3.63) is 0 Å². The Balaban J connectivity index is 1.47. The van der Waals surface area contributed by atoms with Gasteiger partial charge in [0.1, 0.15) is 48.8 Å². The van der Waals surface area contributed by atoms with Gasteiger partial charge in [0.25, 0.3) is 11.8 Å². The van der Waals surface area contributed by atoms with Gasteiger partial charge in [0.15, 0.2) is 12.6 Å². The summed E-state index contributed by atoms with van der Waals surface area (Å²) in [6, 6.07) is -1.42. The monoisotopic (exact) mass is 752 g/mol. The van der Waals surface area contributed by atoms with Crippen LogP contribution in [0.2, 0.25) is 0 Å². The fourth-order valence-electron chi connectivity index (χ4n) is 5.29. The molecule has 0 aromatic rings. The molecule has 0 bridgehead atoms. The number of nitrogens with zero attached hydrogens (tertiary/aromatic N) is 1. The van der Waals surface area contributed by atoms with Crippen LogP contribution in [0.3, 0.4) is 0 Å². The van der Waals surface area contributed by atoms with E-state index in [2.05, 4.69) is 16.0 Å². The second kappa shape index (κ2) is 20.7. The Bertz CT molecular complexity index is 1220. The first-order chi connectivity index (χ1) is 24.6. The Kier molecular flexibility index (Phi) is 17.1. The van der Waals surface area contributed by atoms with E-state index in [0.717, 1.165) is 0 Å². The zero-order valence-corrected chi connectivity index (χ0v) is 28.4. The summed E-state index contributed by atoms with van der Waals surface area (Å²) < 4.78 is 21.2. The molecule has 0 aliphatic carbocycles. The van der Waals surface area contributed by atoms with Crippen LogP contribution in [0.15, 0.2) is 0 Å². The van der Waals surface area contributed by atoms with Crippen LogP contribution in [0.4, 0.5) is 0 Å². The molecule has 3 fully saturated rings. The summed E-state index contributed by atoms with van der Waals surface area (Å²) in [5.74, 6) is -4.30. The van der Waals surface area contributed by atoms with Gasteiger partial charge >= 0.3 is 5.97 Å². The first-order valence-electron chi connectivity index (χ1n) is 16.8. The molecule has 2 unspecified atom stereocenters. The van der Waals surface area contributed by atoms with Gasteiger partial charge in [-0.3, -0.25) is 24.0 Å². The van der Waals surface area contributed by atoms with E-state index in [1.165, 1.54) is 6.92 Å². The van der Waals surface area contributed by atoms with E-state index in [-0.39, 0.29) is 64.8 Å². The lowest BCUT2D eigenvalue weighted by Gasteiger charge is -2.39. The van der Waals surface area contributed by atoms with Crippen molar-refractivity contribution in [3.63, 3.8) is 0 Å². The highest BCUT2D eigenvalue weighted by Gasteiger charge is 2.44. The molecular formula is C30H48N4O18. The number of ether oxygens (including phenoxy) is 4. The van der Waals surface area contributed by atoms with Gasteiger partial charge in [-0.05, 0) is 19.8 Å². The molecule has 3 aliphatic heterocycles. The Morgan fingerprint density at radius 2 is 1.33 bits per heavy atom. The molecule has 0 aromatic carbocycles. The van der Waals surface area contributed by atoms with Gasteiger partial charge in [0, 0.05) is 38.8 Å². The number of imide groups is 1. The third-order valence-corrected chi connectivity index (χ3v) is 8.32. The maximum Gasteiger partial charge on any atom is 0.333 e. The molecule has 0 radical (unpaired) electrons. The van der Waals surface area contributed by atoms with Gasteiger partial charge in [-0.15, -0.1) is 5.06 Å². The van der Waals surface area contributed by atoms with E-state index < -0.39 is 116 Å². The largest absolute Gasteiger partial charge is 0.394 e. The zero-order chi connectivity index (χ0) is 38.5. The van der Waals surface area contributed by atoms with Crippen molar-refractivity contribution < 1.29 is 88.3 Å². The standard InChI is InChI=1S/C30H48N4O18/c1-14-22(41)24(43)26(45)29(50-14)48-10-8-31-18(37)12-15(28(47)32-9-11-49-30-27(46)25(44)23(42)16(13-35)51-30)33-17(36)4-2-3-5-21(40)52-34-19(38)6-7-20(34)39/h14-16,22-27,29-30,35,41-46H,2-13H2,1H3,(H,31,37)(H,32,47)(H,33,36)/t14-,15?,16+,22?,23+,24+,25-,26-,27-,29+,30-/m0/s1. The van der Waals surface area contributed by atoms with E-state index in [4.69, 9.17) is 23.8 Å². The Morgan fingerprint density at radius 3 is 1.94 bits per heavy atom. The molecule has 22 nitrogen and oxygen atoms in total. The molecule has 0 aromatic heterocycles. The van der Waals surface area contributed by atoms with E-state index in [9.17, 15) is 64.5 Å². The van der Waals surface area contributed by atoms with Crippen LogP contribution < -0.4 is 16.0 Å². The van der Waals surface area contributed by atoms with Gasteiger partial charge in [0.2, 0.25) is 17.7 Å². The lowest BCUT2D eigenvalue weighted by molar-refractivity contribution is -0.300. The third kappa shape index (κ3) is 12.3. The number of unbranched alkanes of at least 4 members (excludes halogenated alkanes) is 1. The van der Waals surface area contributed by atoms with Crippen molar-refractivity contribution >= 4 is 35.5 Å². The second-order valence-electron chi connectivity index (χ2n) is 12.3. The van der Waals surface area contributed by atoms with Crippen LogP contribution in [0, 0.1) is 0 Å². The minimum Gasteiger partial charge on any atom is -0.394 e. The molecule has 3 aliphatic rings. The first-order valence-corrected chi connectivity index (χ1v) is 16.8. The van der Waals surface area contributed by atoms with E-state index in [1.807, 2.05) is 0 Å². The van der Waals surface area contributed by atoms with Crippen molar-refractivity contribution in [3.8, 4) is 0 Å². The average Bonchev–Trinajstić information content (AvgIpc) is 3.42. The highest BCUT2D eigenvalue weighted by Crippen LogP contribution is 2.23. The summed E-state index contributed by atoms with van der Waals surface area (Å²) in [7, 11) is 0. The summed E-state index contributed by atoms with van der Waals surface area (Å²) in [5.41, 5.74) is 0. The number of aliphatic hydroxyl groups excluding tert-OH is 7. The molecule has 0 saturated carbocycles. The Labute approximate surface area is 297 Å². The van der Waals surface area contributed by atoms with Crippen molar-refractivity contribution in [1.29, 1.82) is 0 Å². The second-order valence-corrected chi connectivity index (χ2v) is 12.3. The average molecular weight is 753 g/mol. The predicted molar refractivity (Wildman–Crippen MR) is 166 cm³/mol. The molecule has 5 amide bonds. The van der Waals surface area contributed by atoms with Crippen LogP contribution in [-0.2, 0) is 52.6 Å². The molecule has 10 N–H and O–H groups in total. The number of nitrogens with one attached hydrogen (secondary N) is 3. The van der Waals surface area contributed by atoms with Crippen LogP contribution in [0.1, 0.15) is 51.9 Å². The highest BCUT2D eigenvalue weighted by molar-refractivity contribution is 6.01. The Morgan fingerprint density at radius 1 is 0.769 bits per heavy atom. The number of hydrogen-bond acceptors (Lipinski definition) is 18. The molecule has 0 spiro atoms. The summed E-state index contributed by atoms with van der Waals surface area (Å²) in [4.78, 5) is 78.5. The van der Waals surface area contributed by atoms with Crippen molar-refractivity contribution in [1.82, 2.24) is 21.0 Å². The van der Waals surface area contributed by atoms with Crippen molar-refractivity contribution in [2.75, 3.05) is 32.9 Å².